The molecule has 0 atom stereocenters. The molecule has 0 spiro atoms. The summed E-state index contributed by atoms with van der Waals surface area (Å²) in [7, 11) is 0. The van der Waals surface area contributed by atoms with Gasteiger partial charge in [0.25, 0.3) is 0 Å². The van der Waals surface area contributed by atoms with E-state index >= 15 is 0 Å². The van der Waals surface area contributed by atoms with Crippen molar-refractivity contribution >= 4 is 40.0 Å². The number of nitrogens with one attached hydrogen (secondary N) is 1. The molecule has 1 aromatic rings. The minimum atomic E-state index is -0.966. The molecule has 1 amide bonds. The van der Waals surface area contributed by atoms with Crippen molar-refractivity contribution in [3.8, 4) is 0 Å². The highest BCUT2D eigenvalue weighted by Gasteiger charge is 2.45. The number of hydrogen-bond donors (Lipinski definition) is 3. The summed E-state index contributed by atoms with van der Waals surface area (Å²) in [5.74, 6) is -0.737. The number of oxime groups is 1. The van der Waals surface area contributed by atoms with Crippen LogP contribution in [0.15, 0.2) is 23.4 Å². The van der Waals surface area contributed by atoms with E-state index in [4.69, 9.17) is 10.9 Å². The first-order valence-corrected chi connectivity index (χ1v) is 7.32. The standard InChI is InChI=1S/C13H15FIN3O2/c14-8-3-4-10(9(15)7-8)17-12(19)13(11(16)18-20)5-1-2-6-13/h3-4,7,20H,1-2,5-6H2,(H2,16,18)(H,17,19). The molecule has 5 nitrogen and oxygen atoms in total. The number of halogens is 2. The summed E-state index contributed by atoms with van der Waals surface area (Å²) < 4.78 is 13.7. The number of rotatable bonds is 3. The maximum Gasteiger partial charge on any atom is 0.238 e. The van der Waals surface area contributed by atoms with Crippen molar-refractivity contribution in [2.45, 2.75) is 25.7 Å². The predicted octanol–water partition coefficient (Wildman–Crippen LogP) is 2.68. The zero-order chi connectivity index (χ0) is 14.8. The summed E-state index contributed by atoms with van der Waals surface area (Å²) in [5.41, 5.74) is 5.26. The topological polar surface area (TPSA) is 87.7 Å². The highest BCUT2D eigenvalue weighted by atomic mass is 127. The minimum absolute atomic E-state index is 0.0652. The zero-order valence-electron chi connectivity index (χ0n) is 10.7. The molecular weight excluding hydrogens is 376 g/mol. The summed E-state index contributed by atoms with van der Waals surface area (Å²) >= 11 is 1.95. The maximum atomic E-state index is 13.1. The second-order valence-corrected chi connectivity index (χ2v) is 6.01. The molecule has 2 rings (SSSR count). The Hall–Kier alpha value is -1.38. The number of nitrogens with zero attached hydrogens (tertiary/aromatic N) is 1. The predicted molar refractivity (Wildman–Crippen MR) is 82.1 cm³/mol. The largest absolute Gasteiger partial charge is 0.409 e. The van der Waals surface area contributed by atoms with Crippen molar-refractivity contribution in [1.29, 1.82) is 0 Å². The molecule has 20 heavy (non-hydrogen) atoms. The summed E-state index contributed by atoms with van der Waals surface area (Å²) in [4.78, 5) is 12.5. The van der Waals surface area contributed by atoms with Gasteiger partial charge < -0.3 is 16.3 Å². The average Bonchev–Trinajstić information content (AvgIpc) is 2.91. The van der Waals surface area contributed by atoms with Crippen molar-refractivity contribution in [3.63, 3.8) is 0 Å². The van der Waals surface area contributed by atoms with Crippen LogP contribution in [0.5, 0.6) is 0 Å². The third-order valence-corrected chi connectivity index (χ3v) is 4.56. The molecule has 0 aromatic heterocycles. The van der Waals surface area contributed by atoms with Crippen molar-refractivity contribution in [2.24, 2.45) is 16.3 Å². The second kappa shape index (κ2) is 5.94. The molecule has 4 N–H and O–H groups in total. The van der Waals surface area contributed by atoms with Crippen LogP contribution in [0.2, 0.25) is 0 Å². The molecule has 0 unspecified atom stereocenters. The van der Waals surface area contributed by atoms with Crippen molar-refractivity contribution < 1.29 is 14.4 Å². The summed E-state index contributed by atoms with van der Waals surface area (Å²) in [6, 6.07) is 4.12. The molecule has 0 radical (unpaired) electrons. The lowest BCUT2D eigenvalue weighted by atomic mass is 9.83. The summed E-state index contributed by atoms with van der Waals surface area (Å²) in [5, 5.41) is 14.7. The van der Waals surface area contributed by atoms with Crippen LogP contribution in [-0.2, 0) is 4.79 Å². The first kappa shape index (κ1) is 15.0. The van der Waals surface area contributed by atoms with Crippen LogP contribution < -0.4 is 11.1 Å². The van der Waals surface area contributed by atoms with Gasteiger partial charge in [0.15, 0.2) is 5.84 Å². The molecule has 1 saturated carbocycles. The number of carbonyl (C=O) groups excluding carboxylic acids is 1. The molecule has 108 valence electrons. The maximum absolute atomic E-state index is 13.1. The molecule has 1 aromatic carbocycles. The number of nitrogens with two attached hydrogens (primary N) is 1. The molecule has 0 saturated heterocycles. The van der Waals surface area contributed by atoms with Crippen molar-refractivity contribution in [3.05, 3.63) is 27.6 Å². The number of amidine groups is 1. The van der Waals surface area contributed by atoms with E-state index in [0.29, 0.717) is 22.1 Å². The Labute approximate surface area is 129 Å². The van der Waals surface area contributed by atoms with Gasteiger partial charge in [0.1, 0.15) is 11.2 Å². The second-order valence-electron chi connectivity index (χ2n) is 4.85. The van der Waals surface area contributed by atoms with Gasteiger partial charge in [-0.05, 0) is 53.6 Å². The molecule has 1 fully saturated rings. The highest BCUT2D eigenvalue weighted by molar-refractivity contribution is 14.1. The Balaban J connectivity index is 2.26. The zero-order valence-corrected chi connectivity index (χ0v) is 12.9. The highest BCUT2D eigenvalue weighted by Crippen LogP contribution is 2.39. The molecular formula is C13H15FIN3O2. The molecule has 0 aliphatic heterocycles. The van der Waals surface area contributed by atoms with Crippen molar-refractivity contribution in [2.75, 3.05) is 5.32 Å². The number of benzene rings is 1. The van der Waals surface area contributed by atoms with Gasteiger partial charge in [-0.15, -0.1) is 0 Å². The van der Waals surface area contributed by atoms with E-state index in [9.17, 15) is 9.18 Å². The van der Waals surface area contributed by atoms with Crippen LogP contribution in [-0.4, -0.2) is 17.0 Å². The fourth-order valence-electron chi connectivity index (χ4n) is 2.51. The lowest BCUT2D eigenvalue weighted by Crippen LogP contribution is -2.45. The van der Waals surface area contributed by atoms with E-state index < -0.39 is 5.41 Å². The fourth-order valence-corrected chi connectivity index (χ4v) is 3.12. The van der Waals surface area contributed by atoms with E-state index in [2.05, 4.69) is 10.5 Å². The number of hydrogen-bond acceptors (Lipinski definition) is 3. The van der Waals surface area contributed by atoms with Gasteiger partial charge in [-0.2, -0.15) is 0 Å². The number of carbonyl (C=O) groups is 1. The van der Waals surface area contributed by atoms with E-state index in [1.165, 1.54) is 18.2 Å². The van der Waals surface area contributed by atoms with Gasteiger partial charge >= 0.3 is 0 Å². The Morgan fingerprint density at radius 1 is 1.45 bits per heavy atom. The van der Waals surface area contributed by atoms with E-state index in [1.807, 2.05) is 22.6 Å². The van der Waals surface area contributed by atoms with Crippen LogP contribution in [0.4, 0.5) is 10.1 Å². The van der Waals surface area contributed by atoms with Gasteiger partial charge in [-0.25, -0.2) is 4.39 Å². The number of anilines is 1. The fraction of sp³-hybridized carbons (Fsp3) is 0.385. The van der Waals surface area contributed by atoms with E-state index in [1.54, 1.807) is 0 Å². The SMILES string of the molecule is NC(=NO)C1(C(=O)Nc2ccc(F)cc2I)CCCC1. The lowest BCUT2D eigenvalue weighted by molar-refractivity contribution is -0.122. The lowest BCUT2D eigenvalue weighted by Gasteiger charge is -2.26. The van der Waals surface area contributed by atoms with Crippen LogP contribution in [0.25, 0.3) is 0 Å². The molecule has 7 heteroatoms. The van der Waals surface area contributed by atoms with E-state index in [0.717, 1.165) is 12.8 Å². The van der Waals surface area contributed by atoms with Crippen molar-refractivity contribution in [1.82, 2.24) is 0 Å². The first-order chi connectivity index (χ1) is 9.49. The monoisotopic (exact) mass is 391 g/mol. The quantitative estimate of drug-likeness (QED) is 0.243. The summed E-state index contributed by atoms with van der Waals surface area (Å²) in [6.07, 6.45) is 2.80. The van der Waals surface area contributed by atoms with E-state index in [-0.39, 0.29) is 17.6 Å². The van der Waals surface area contributed by atoms with Gasteiger partial charge in [0, 0.05) is 3.57 Å². The third kappa shape index (κ3) is 2.72. The minimum Gasteiger partial charge on any atom is -0.409 e. The van der Waals surface area contributed by atoms with Crippen LogP contribution >= 0.6 is 22.6 Å². The normalized spacial score (nSPS) is 18.0. The van der Waals surface area contributed by atoms with Crippen LogP contribution in [0, 0.1) is 14.8 Å². The molecule has 1 aliphatic rings. The van der Waals surface area contributed by atoms with Crippen LogP contribution in [0.3, 0.4) is 0 Å². The molecule has 1 aliphatic carbocycles. The third-order valence-electron chi connectivity index (χ3n) is 3.67. The molecule has 0 heterocycles. The van der Waals surface area contributed by atoms with Crippen LogP contribution in [0.1, 0.15) is 25.7 Å². The Morgan fingerprint density at radius 2 is 2.10 bits per heavy atom. The van der Waals surface area contributed by atoms with Gasteiger partial charge in [-0.1, -0.05) is 18.0 Å². The average molecular weight is 391 g/mol. The Bertz CT molecular complexity index is 557. The molecule has 0 bridgehead atoms. The Kier molecular flexibility index (Phi) is 4.46. The Morgan fingerprint density at radius 3 is 2.65 bits per heavy atom. The smallest absolute Gasteiger partial charge is 0.238 e. The van der Waals surface area contributed by atoms with Gasteiger partial charge in [0.2, 0.25) is 5.91 Å². The van der Waals surface area contributed by atoms with Gasteiger partial charge in [-0.3, -0.25) is 4.79 Å². The summed E-state index contributed by atoms with van der Waals surface area (Å²) in [6.45, 7) is 0. The first-order valence-electron chi connectivity index (χ1n) is 6.24. The number of amides is 1. The van der Waals surface area contributed by atoms with Gasteiger partial charge in [0.05, 0.1) is 5.69 Å².